The average Bonchev–Trinajstić information content (AvgIpc) is 2.80. The van der Waals surface area contributed by atoms with E-state index in [1.54, 1.807) is 24.4 Å². The Balaban J connectivity index is 1.85. The number of pyridine rings is 1. The van der Waals surface area contributed by atoms with Crippen LogP contribution in [0.25, 0.3) is 5.65 Å². The predicted octanol–water partition coefficient (Wildman–Crippen LogP) is 3.09. The lowest BCUT2D eigenvalue weighted by atomic mass is 10.3. The van der Waals surface area contributed by atoms with Crippen molar-refractivity contribution < 1.29 is 4.79 Å². The second-order valence-corrected chi connectivity index (χ2v) is 5.91. The minimum Gasteiger partial charge on any atom is -0.322 e. The molecule has 0 atom stereocenters. The standard InChI is InChI=1S/C14H9Cl3N4O2/c15-8-5-9(16)13(10(17)6-8)18-12(22)7-21-14(23)20-4-2-1-3-11(20)19-21/h1-6H,7H2,(H,18,22). The summed E-state index contributed by atoms with van der Waals surface area (Å²) in [6.07, 6.45) is 1.58. The van der Waals surface area contributed by atoms with Crippen LogP contribution in [-0.4, -0.2) is 20.1 Å². The number of nitrogens with zero attached hydrogens (tertiary/aromatic N) is 3. The summed E-state index contributed by atoms with van der Waals surface area (Å²) in [6, 6.07) is 8.04. The summed E-state index contributed by atoms with van der Waals surface area (Å²) in [6.45, 7) is -0.268. The van der Waals surface area contributed by atoms with Crippen molar-refractivity contribution >= 4 is 52.0 Å². The maximum absolute atomic E-state index is 12.1. The van der Waals surface area contributed by atoms with E-state index in [2.05, 4.69) is 10.4 Å². The summed E-state index contributed by atoms with van der Waals surface area (Å²) < 4.78 is 2.40. The van der Waals surface area contributed by atoms with Gasteiger partial charge in [-0.05, 0) is 24.3 Å². The van der Waals surface area contributed by atoms with Crippen LogP contribution in [0.1, 0.15) is 0 Å². The fourth-order valence-corrected chi connectivity index (χ4v) is 2.96. The van der Waals surface area contributed by atoms with Crippen LogP contribution in [0, 0.1) is 0 Å². The van der Waals surface area contributed by atoms with E-state index >= 15 is 0 Å². The Morgan fingerprint density at radius 3 is 2.52 bits per heavy atom. The van der Waals surface area contributed by atoms with Crippen LogP contribution in [0.5, 0.6) is 0 Å². The summed E-state index contributed by atoms with van der Waals surface area (Å²) in [5, 5.41) is 7.40. The number of fused-ring (bicyclic) bond motifs is 1. The number of hydrogen-bond acceptors (Lipinski definition) is 3. The quantitative estimate of drug-likeness (QED) is 0.769. The Labute approximate surface area is 145 Å². The van der Waals surface area contributed by atoms with E-state index in [9.17, 15) is 9.59 Å². The highest BCUT2D eigenvalue weighted by Crippen LogP contribution is 2.33. The third-order valence-electron chi connectivity index (χ3n) is 3.05. The van der Waals surface area contributed by atoms with Gasteiger partial charge < -0.3 is 5.32 Å². The fourth-order valence-electron chi connectivity index (χ4n) is 2.05. The lowest BCUT2D eigenvalue weighted by Crippen LogP contribution is -2.28. The molecule has 0 saturated carbocycles. The Morgan fingerprint density at radius 1 is 1.17 bits per heavy atom. The first kappa shape index (κ1) is 15.9. The van der Waals surface area contributed by atoms with Crippen molar-refractivity contribution in [2.24, 2.45) is 0 Å². The second kappa shape index (κ2) is 6.23. The van der Waals surface area contributed by atoms with Crippen LogP contribution in [-0.2, 0) is 11.3 Å². The summed E-state index contributed by atoms with van der Waals surface area (Å²) in [5.74, 6) is -0.485. The van der Waals surface area contributed by atoms with E-state index in [4.69, 9.17) is 34.8 Å². The Morgan fingerprint density at radius 2 is 1.87 bits per heavy atom. The highest BCUT2D eigenvalue weighted by Gasteiger charge is 2.14. The molecule has 0 radical (unpaired) electrons. The van der Waals surface area contributed by atoms with Crippen LogP contribution in [0.15, 0.2) is 41.3 Å². The molecule has 0 aliphatic rings. The largest absolute Gasteiger partial charge is 0.350 e. The van der Waals surface area contributed by atoms with Crippen LogP contribution < -0.4 is 11.0 Å². The van der Waals surface area contributed by atoms with Crippen molar-refractivity contribution in [2.45, 2.75) is 6.54 Å². The molecule has 2 heterocycles. The van der Waals surface area contributed by atoms with Gasteiger partial charge in [-0.1, -0.05) is 40.9 Å². The number of halogens is 3. The van der Waals surface area contributed by atoms with Gasteiger partial charge in [-0.2, -0.15) is 0 Å². The molecule has 23 heavy (non-hydrogen) atoms. The van der Waals surface area contributed by atoms with Crippen LogP contribution in [0.4, 0.5) is 5.69 Å². The molecule has 0 saturated heterocycles. The number of benzene rings is 1. The van der Waals surface area contributed by atoms with E-state index < -0.39 is 11.6 Å². The van der Waals surface area contributed by atoms with Crippen molar-refractivity contribution in [2.75, 3.05) is 5.32 Å². The molecular weight excluding hydrogens is 363 g/mol. The van der Waals surface area contributed by atoms with Gasteiger partial charge in [0.1, 0.15) is 6.54 Å². The van der Waals surface area contributed by atoms with Crippen molar-refractivity contribution in [3.8, 4) is 0 Å². The molecule has 6 nitrogen and oxygen atoms in total. The second-order valence-electron chi connectivity index (χ2n) is 4.66. The first-order valence-electron chi connectivity index (χ1n) is 6.44. The number of carbonyl (C=O) groups is 1. The average molecular weight is 372 g/mol. The van der Waals surface area contributed by atoms with E-state index in [1.807, 2.05) is 0 Å². The number of carbonyl (C=O) groups excluding carboxylic acids is 1. The normalized spacial score (nSPS) is 10.9. The first-order valence-corrected chi connectivity index (χ1v) is 7.57. The van der Waals surface area contributed by atoms with Crippen LogP contribution >= 0.6 is 34.8 Å². The van der Waals surface area contributed by atoms with Gasteiger partial charge in [-0.15, -0.1) is 5.10 Å². The highest BCUT2D eigenvalue weighted by molar-refractivity contribution is 6.42. The fraction of sp³-hybridized carbons (Fsp3) is 0.0714. The molecule has 0 aliphatic heterocycles. The van der Waals surface area contributed by atoms with Crippen molar-refractivity contribution in [3.05, 3.63) is 62.1 Å². The van der Waals surface area contributed by atoms with Crippen molar-refractivity contribution in [3.63, 3.8) is 0 Å². The van der Waals surface area contributed by atoms with Gasteiger partial charge in [-0.25, -0.2) is 9.48 Å². The molecule has 9 heteroatoms. The third kappa shape index (κ3) is 3.19. The van der Waals surface area contributed by atoms with Gasteiger partial charge in [-0.3, -0.25) is 9.20 Å². The number of anilines is 1. The van der Waals surface area contributed by atoms with Gasteiger partial charge >= 0.3 is 5.69 Å². The summed E-state index contributed by atoms with van der Waals surface area (Å²) in [5.41, 5.74) is 0.274. The van der Waals surface area contributed by atoms with E-state index in [1.165, 1.54) is 16.5 Å². The molecule has 118 valence electrons. The maximum atomic E-state index is 12.1. The molecule has 1 amide bonds. The molecule has 3 aromatic rings. The summed E-state index contributed by atoms with van der Waals surface area (Å²) >= 11 is 17.8. The Hall–Kier alpha value is -2.02. The zero-order valence-corrected chi connectivity index (χ0v) is 13.7. The number of aromatic nitrogens is 3. The Kier molecular flexibility index (Phi) is 4.30. The zero-order valence-electron chi connectivity index (χ0n) is 11.5. The first-order chi connectivity index (χ1) is 11.0. The SMILES string of the molecule is O=C(Cn1nc2ccccn2c1=O)Nc1c(Cl)cc(Cl)cc1Cl. The molecule has 2 aromatic heterocycles. The molecule has 0 bridgehead atoms. The van der Waals surface area contributed by atoms with E-state index in [-0.39, 0.29) is 22.3 Å². The molecule has 3 rings (SSSR count). The molecule has 0 spiro atoms. The molecule has 0 unspecified atom stereocenters. The predicted molar refractivity (Wildman–Crippen MR) is 89.6 cm³/mol. The smallest absolute Gasteiger partial charge is 0.322 e. The van der Waals surface area contributed by atoms with Crippen LogP contribution in [0.2, 0.25) is 15.1 Å². The monoisotopic (exact) mass is 370 g/mol. The van der Waals surface area contributed by atoms with Gasteiger partial charge in [0.2, 0.25) is 5.91 Å². The molecule has 0 fully saturated rings. The van der Waals surface area contributed by atoms with Crippen molar-refractivity contribution in [1.82, 2.24) is 14.2 Å². The zero-order chi connectivity index (χ0) is 16.6. The lowest BCUT2D eigenvalue weighted by Gasteiger charge is -2.09. The molecule has 1 aromatic carbocycles. The number of nitrogens with one attached hydrogen (secondary N) is 1. The number of rotatable bonds is 3. The highest BCUT2D eigenvalue weighted by atomic mass is 35.5. The van der Waals surface area contributed by atoms with E-state index in [0.29, 0.717) is 10.7 Å². The topological polar surface area (TPSA) is 68.4 Å². The Bertz CT molecular complexity index is 941. The van der Waals surface area contributed by atoms with Gasteiger partial charge in [0, 0.05) is 11.2 Å². The van der Waals surface area contributed by atoms with Gasteiger partial charge in [0.05, 0.1) is 15.7 Å². The minimum absolute atomic E-state index is 0.207. The third-order valence-corrected chi connectivity index (χ3v) is 3.87. The summed E-state index contributed by atoms with van der Waals surface area (Å²) in [7, 11) is 0. The summed E-state index contributed by atoms with van der Waals surface area (Å²) in [4.78, 5) is 24.2. The maximum Gasteiger partial charge on any atom is 0.350 e. The lowest BCUT2D eigenvalue weighted by molar-refractivity contribution is -0.117. The van der Waals surface area contributed by atoms with Gasteiger partial charge in [0.15, 0.2) is 5.65 Å². The number of amides is 1. The minimum atomic E-state index is -0.485. The van der Waals surface area contributed by atoms with Crippen LogP contribution in [0.3, 0.4) is 0 Å². The van der Waals surface area contributed by atoms with E-state index in [0.717, 1.165) is 4.68 Å². The van der Waals surface area contributed by atoms with Crippen molar-refractivity contribution in [1.29, 1.82) is 0 Å². The molecule has 0 aliphatic carbocycles. The van der Waals surface area contributed by atoms with Gasteiger partial charge in [0.25, 0.3) is 0 Å². The molecule has 1 N–H and O–H groups in total. The number of hydrogen-bond donors (Lipinski definition) is 1. The molecular formula is C14H9Cl3N4O2.